The molecule has 1 atom stereocenters. The van der Waals surface area contributed by atoms with Crippen molar-refractivity contribution in [1.82, 2.24) is 14.6 Å². The van der Waals surface area contributed by atoms with Crippen LogP contribution >= 0.6 is 0 Å². The highest BCUT2D eigenvalue weighted by Crippen LogP contribution is 2.36. The number of nitrogens with zero attached hydrogens (tertiary/aromatic N) is 4. The minimum absolute atomic E-state index is 0.311. The van der Waals surface area contributed by atoms with Gasteiger partial charge in [-0.3, -0.25) is 5.32 Å². The van der Waals surface area contributed by atoms with Gasteiger partial charge in [0.05, 0.1) is 12.2 Å². The number of imidazole rings is 1. The molecule has 1 unspecified atom stereocenters. The van der Waals surface area contributed by atoms with Crippen molar-refractivity contribution in [2.45, 2.75) is 18.9 Å². The fourth-order valence-electron chi connectivity index (χ4n) is 3.36. The number of urea groups is 1. The highest BCUT2D eigenvalue weighted by molar-refractivity contribution is 5.87. The maximum absolute atomic E-state index is 14.2. The fourth-order valence-corrected chi connectivity index (χ4v) is 3.36. The lowest BCUT2D eigenvalue weighted by molar-refractivity contribution is 0.259. The Balaban J connectivity index is 1.73. The topological polar surface area (TPSA) is 88.5 Å². The number of benzene rings is 1. The summed E-state index contributed by atoms with van der Waals surface area (Å²) < 4.78 is 29.3. The molecule has 3 aromatic rings. The van der Waals surface area contributed by atoms with Crippen molar-refractivity contribution in [2.24, 2.45) is 5.73 Å². The number of hydrogen-bond donors (Lipinski definition) is 2. The van der Waals surface area contributed by atoms with E-state index in [1.54, 1.807) is 12.1 Å². The molecule has 2 aromatic heterocycles. The molecule has 2 amide bonds. The molecule has 0 spiro atoms. The summed E-state index contributed by atoms with van der Waals surface area (Å²) >= 11 is 0. The van der Waals surface area contributed by atoms with Crippen LogP contribution in [-0.2, 0) is 0 Å². The predicted octanol–water partition coefficient (Wildman–Crippen LogP) is 2.84. The van der Waals surface area contributed by atoms with Crippen LogP contribution in [0.3, 0.4) is 0 Å². The van der Waals surface area contributed by atoms with Crippen LogP contribution in [0.4, 0.5) is 25.2 Å². The predicted molar refractivity (Wildman–Crippen MR) is 91.9 cm³/mol. The van der Waals surface area contributed by atoms with E-state index < -0.39 is 17.7 Å². The Hall–Kier alpha value is -3.23. The summed E-state index contributed by atoms with van der Waals surface area (Å²) in [6.07, 6.45) is 2.97. The van der Waals surface area contributed by atoms with Gasteiger partial charge in [-0.05, 0) is 43.2 Å². The third-order valence-corrected chi connectivity index (χ3v) is 4.46. The Morgan fingerprint density at radius 1 is 1.27 bits per heavy atom. The standard InChI is InChI=1S/C17H16F2N6O/c18-10-3-4-12(19)11(8-10)13-2-1-7-24(13)15-6-5-14-21-9-16(22-17(20)26)25(14)23-15/h3-6,8-9,13H,1-2,7H2,(H3,20,22,26). The van der Waals surface area contributed by atoms with Crippen LogP contribution in [0.1, 0.15) is 24.4 Å². The molecule has 1 aliphatic heterocycles. The molecule has 134 valence electrons. The van der Waals surface area contributed by atoms with Gasteiger partial charge < -0.3 is 10.6 Å². The van der Waals surface area contributed by atoms with E-state index in [0.717, 1.165) is 18.6 Å². The van der Waals surface area contributed by atoms with E-state index in [-0.39, 0.29) is 6.04 Å². The summed E-state index contributed by atoms with van der Waals surface area (Å²) in [5.41, 5.74) is 6.00. The fraction of sp³-hybridized carbons (Fsp3) is 0.235. The minimum Gasteiger partial charge on any atom is -0.351 e. The maximum atomic E-state index is 14.2. The van der Waals surface area contributed by atoms with Gasteiger partial charge in [0.2, 0.25) is 0 Å². The third kappa shape index (κ3) is 2.81. The molecule has 1 fully saturated rings. The van der Waals surface area contributed by atoms with Gasteiger partial charge in [0.25, 0.3) is 0 Å². The lowest BCUT2D eigenvalue weighted by Gasteiger charge is -2.26. The number of primary amides is 1. The number of nitrogens with one attached hydrogen (secondary N) is 1. The monoisotopic (exact) mass is 358 g/mol. The molecule has 4 rings (SSSR count). The number of anilines is 2. The van der Waals surface area contributed by atoms with E-state index in [9.17, 15) is 13.6 Å². The Kier molecular flexibility index (Phi) is 3.90. The number of amides is 2. The van der Waals surface area contributed by atoms with E-state index in [0.29, 0.717) is 35.8 Å². The maximum Gasteiger partial charge on any atom is 0.317 e. The summed E-state index contributed by atoms with van der Waals surface area (Å²) in [4.78, 5) is 17.2. The zero-order chi connectivity index (χ0) is 18.3. The van der Waals surface area contributed by atoms with Gasteiger partial charge in [-0.25, -0.2) is 18.6 Å². The Labute approximate surface area is 147 Å². The summed E-state index contributed by atoms with van der Waals surface area (Å²) in [5, 5.41) is 6.95. The minimum atomic E-state index is -0.722. The van der Waals surface area contributed by atoms with Gasteiger partial charge in [0, 0.05) is 12.1 Å². The van der Waals surface area contributed by atoms with Crippen LogP contribution < -0.4 is 16.0 Å². The largest absolute Gasteiger partial charge is 0.351 e. The zero-order valence-electron chi connectivity index (χ0n) is 13.7. The number of rotatable bonds is 3. The number of fused-ring (bicyclic) bond motifs is 1. The van der Waals surface area contributed by atoms with Crippen molar-refractivity contribution in [2.75, 3.05) is 16.8 Å². The first-order valence-corrected chi connectivity index (χ1v) is 8.16. The van der Waals surface area contributed by atoms with Gasteiger partial charge in [0.15, 0.2) is 11.5 Å². The Morgan fingerprint density at radius 2 is 2.12 bits per heavy atom. The normalized spacial score (nSPS) is 17.0. The molecule has 7 nitrogen and oxygen atoms in total. The summed E-state index contributed by atoms with van der Waals surface area (Å²) in [7, 11) is 0. The van der Waals surface area contributed by atoms with E-state index in [2.05, 4.69) is 15.4 Å². The molecule has 0 saturated carbocycles. The van der Waals surface area contributed by atoms with Crippen molar-refractivity contribution in [3.63, 3.8) is 0 Å². The highest BCUT2D eigenvalue weighted by atomic mass is 19.1. The van der Waals surface area contributed by atoms with E-state index >= 15 is 0 Å². The molecule has 0 bridgehead atoms. The van der Waals surface area contributed by atoms with Crippen molar-refractivity contribution >= 4 is 23.3 Å². The quantitative estimate of drug-likeness (QED) is 0.753. The highest BCUT2D eigenvalue weighted by Gasteiger charge is 2.30. The van der Waals surface area contributed by atoms with E-state index in [4.69, 9.17) is 5.73 Å². The first-order chi connectivity index (χ1) is 12.5. The third-order valence-electron chi connectivity index (χ3n) is 4.46. The summed E-state index contributed by atoms with van der Waals surface area (Å²) in [6, 6.07) is 5.95. The molecule has 0 aliphatic carbocycles. The number of aromatic nitrogens is 3. The Bertz CT molecular complexity index is 989. The molecule has 1 aromatic carbocycles. The zero-order valence-corrected chi connectivity index (χ0v) is 13.7. The van der Waals surface area contributed by atoms with Gasteiger partial charge in [-0.2, -0.15) is 4.52 Å². The van der Waals surface area contributed by atoms with Crippen LogP contribution in [0, 0.1) is 11.6 Å². The molecule has 3 N–H and O–H groups in total. The van der Waals surface area contributed by atoms with Gasteiger partial charge in [-0.15, -0.1) is 5.10 Å². The molecular formula is C17H16F2N6O. The summed E-state index contributed by atoms with van der Waals surface area (Å²) in [6.45, 7) is 0.659. The van der Waals surface area contributed by atoms with Crippen LogP contribution in [0.15, 0.2) is 36.5 Å². The second kappa shape index (κ2) is 6.25. The Morgan fingerprint density at radius 3 is 2.92 bits per heavy atom. The van der Waals surface area contributed by atoms with Crippen LogP contribution in [-0.4, -0.2) is 27.2 Å². The van der Waals surface area contributed by atoms with Crippen molar-refractivity contribution in [1.29, 1.82) is 0 Å². The van der Waals surface area contributed by atoms with Crippen LogP contribution in [0.2, 0.25) is 0 Å². The molecule has 26 heavy (non-hydrogen) atoms. The second-order valence-electron chi connectivity index (χ2n) is 6.11. The van der Waals surface area contributed by atoms with Crippen LogP contribution in [0.25, 0.3) is 5.65 Å². The lowest BCUT2D eigenvalue weighted by atomic mass is 10.0. The number of halogens is 2. The molecular weight excluding hydrogens is 342 g/mol. The number of nitrogens with two attached hydrogens (primary N) is 1. The lowest BCUT2D eigenvalue weighted by Crippen LogP contribution is -2.25. The van der Waals surface area contributed by atoms with Crippen molar-refractivity contribution in [3.8, 4) is 0 Å². The SMILES string of the molecule is NC(=O)Nc1cnc2ccc(N3CCCC3c3cc(F)ccc3F)nn12. The molecule has 1 saturated heterocycles. The van der Waals surface area contributed by atoms with Gasteiger partial charge in [0.1, 0.15) is 17.5 Å². The van der Waals surface area contributed by atoms with Crippen LogP contribution in [0.5, 0.6) is 0 Å². The number of carbonyl (C=O) groups excluding carboxylic acids is 1. The van der Waals surface area contributed by atoms with E-state index in [1.165, 1.54) is 16.8 Å². The number of hydrogen-bond acceptors (Lipinski definition) is 4. The second-order valence-corrected chi connectivity index (χ2v) is 6.11. The van der Waals surface area contributed by atoms with Gasteiger partial charge >= 0.3 is 6.03 Å². The summed E-state index contributed by atoms with van der Waals surface area (Å²) in [5.74, 6) is -0.00137. The molecule has 9 heteroatoms. The van der Waals surface area contributed by atoms with Crippen molar-refractivity contribution < 1.29 is 13.6 Å². The average Bonchev–Trinajstić information content (AvgIpc) is 3.23. The molecule has 1 aliphatic rings. The smallest absolute Gasteiger partial charge is 0.317 e. The number of carbonyl (C=O) groups is 1. The first kappa shape index (κ1) is 16.2. The molecule has 0 radical (unpaired) electrons. The average molecular weight is 358 g/mol. The first-order valence-electron chi connectivity index (χ1n) is 8.16. The van der Waals surface area contributed by atoms with Crippen molar-refractivity contribution in [3.05, 3.63) is 53.7 Å². The van der Waals surface area contributed by atoms with E-state index in [1.807, 2.05) is 4.90 Å². The molecule has 3 heterocycles. The van der Waals surface area contributed by atoms with Gasteiger partial charge in [-0.1, -0.05) is 0 Å².